The largest absolute Gasteiger partial charge is 0.478 e. The molecule has 0 aliphatic heterocycles. The second-order valence-electron chi connectivity index (χ2n) is 4.23. The van der Waals surface area contributed by atoms with Crippen molar-refractivity contribution < 1.29 is 20.1 Å². The van der Waals surface area contributed by atoms with E-state index in [2.05, 4.69) is 6.58 Å². The molecule has 3 unspecified atom stereocenters. The summed E-state index contributed by atoms with van der Waals surface area (Å²) in [5.74, 6) is -1.68. The Labute approximate surface area is 90.2 Å². The zero-order valence-corrected chi connectivity index (χ0v) is 9.53. The van der Waals surface area contributed by atoms with E-state index in [1.165, 1.54) is 0 Å². The lowest BCUT2D eigenvalue weighted by Gasteiger charge is -2.35. The molecule has 0 spiro atoms. The molecule has 88 valence electrons. The van der Waals surface area contributed by atoms with Gasteiger partial charge in [-0.3, -0.25) is 0 Å². The van der Waals surface area contributed by atoms with Crippen molar-refractivity contribution in [3.8, 4) is 0 Å². The van der Waals surface area contributed by atoms with Gasteiger partial charge in [0.05, 0.1) is 12.7 Å². The number of aliphatic hydroxyl groups excluding tert-OH is 2. The van der Waals surface area contributed by atoms with Crippen molar-refractivity contribution in [2.45, 2.75) is 33.3 Å². The Balaban J connectivity index is 4.76. The molecule has 0 radical (unpaired) electrons. The predicted molar refractivity (Wildman–Crippen MR) is 57.4 cm³/mol. The molecule has 3 N–H and O–H groups in total. The lowest BCUT2D eigenvalue weighted by Crippen LogP contribution is -2.41. The monoisotopic (exact) mass is 216 g/mol. The van der Waals surface area contributed by atoms with E-state index in [4.69, 9.17) is 5.11 Å². The highest BCUT2D eigenvalue weighted by atomic mass is 16.4. The van der Waals surface area contributed by atoms with Crippen LogP contribution in [0.25, 0.3) is 0 Å². The molecule has 0 heterocycles. The van der Waals surface area contributed by atoms with Crippen molar-refractivity contribution in [1.29, 1.82) is 0 Å². The number of aliphatic hydroxyl groups is 2. The van der Waals surface area contributed by atoms with Gasteiger partial charge in [0.25, 0.3) is 0 Å². The Morgan fingerprint density at radius 1 is 1.53 bits per heavy atom. The molecule has 0 aromatic rings. The molecule has 4 heteroatoms. The van der Waals surface area contributed by atoms with Crippen molar-refractivity contribution in [2.75, 3.05) is 6.61 Å². The average molecular weight is 216 g/mol. The first-order valence-electron chi connectivity index (χ1n) is 5.01. The van der Waals surface area contributed by atoms with Crippen LogP contribution in [0.4, 0.5) is 0 Å². The second-order valence-corrected chi connectivity index (χ2v) is 4.23. The summed E-state index contributed by atoms with van der Waals surface area (Å²) in [5.41, 5.74) is -0.715. The van der Waals surface area contributed by atoms with Gasteiger partial charge in [0.15, 0.2) is 0 Å². The van der Waals surface area contributed by atoms with E-state index in [-0.39, 0.29) is 12.2 Å². The van der Waals surface area contributed by atoms with Gasteiger partial charge in [0, 0.05) is 16.9 Å². The first kappa shape index (κ1) is 14.1. The van der Waals surface area contributed by atoms with Crippen LogP contribution in [0.3, 0.4) is 0 Å². The Hall–Kier alpha value is -0.870. The highest BCUT2D eigenvalue weighted by molar-refractivity contribution is 5.86. The van der Waals surface area contributed by atoms with Crippen LogP contribution in [0.15, 0.2) is 12.2 Å². The fourth-order valence-electron chi connectivity index (χ4n) is 1.40. The highest BCUT2D eigenvalue weighted by Crippen LogP contribution is 2.32. The molecule has 3 atom stereocenters. The Bertz CT molecular complexity index is 243. The summed E-state index contributed by atoms with van der Waals surface area (Å²) in [7, 11) is 0. The Morgan fingerprint density at radius 2 is 2.00 bits per heavy atom. The van der Waals surface area contributed by atoms with Gasteiger partial charge in [-0.15, -0.1) is 0 Å². The Morgan fingerprint density at radius 3 is 2.27 bits per heavy atom. The number of carboxylic acids is 1. The topological polar surface area (TPSA) is 77.8 Å². The molecule has 0 bridgehead atoms. The van der Waals surface area contributed by atoms with Gasteiger partial charge >= 0.3 is 5.97 Å². The van der Waals surface area contributed by atoms with Crippen molar-refractivity contribution in [2.24, 2.45) is 11.3 Å². The minimum atomic E-state index is -1.11. The first-order chi connectivity index (χ1) is 6.80. The zero-order chi connectivity index (χ0) is 12.2. The summed E-state index contributed by atoms with van der Waals surface area (Å²) >= 11 is 0. The van der Waals surface area contributed by atoms with Gasteiger partial charge in [-0.05, 0) is 6.42 Å². The van der Waals surface area contributed by atoms with E-state index in [0.717, 1.165) is 0 Å². The molecule has 0 saturated heterocycles. The molecule has 0 rings (SSSR count). The average Bonchev–Trinajstić information content (AvgIpc) is 2.24. The van der Waals surface area contributed by atoms with E-state index in [0.29, 0.717) is 6.42 Å². The van der Waals surface area contributed by atoms with Crippen LogP contribution in [0.1, 0.15) is 27.2 Å². The summed E-state index contributed by atoms with van der Waals surface area (Å²) in [6, 6.07) is 0. The van der Waals surface area contributed by atoms with Crippen molar-refractivity contribution in [3.05, 3.63) is 12.2 Å². The molecule has 0 aliphatic rings. The van der Waals surface area contributed by atoms with Crippen LogP contribution >= 0.6 is 0 Å². The summed E-state index contributed by atoms with van der Waals surface area (Å²) in [4.78, 5) is 10.7. The molecule has 0 saturated carbocycles. The quantitative estimate of drug-likeness (QED) is 0.579. The van der Waals surface area contributed by atoms with Crippen LogP contribution in [0.5, 0.6) is 0 Å². The molecule has 0 amide bonds. The van der Waals surface area contributed by atoms with Gasteiger partial charge in [-0.25, -0.2) is 4.79 Å². The lowest BCUT2D eigenvalue weighted by atomic mass is 9.75. The summed E-state index contributed by atoms with van der Waals surface area (Å²) < 4.78 is 0. The molecular formula is C11H20O4. The number of aliphatic carboxylic acids is 1. The van der Waals surface area contributed by atoms with Crippen molar-refractivity contribution in [3.63, 3.8) is 0 Å². The van der Waals surface area contributed by atoms with Gasteiger partial charge in [-0.1, -0.05) is 27.4 Å². The smallest absolute Gasteiger partial charge is 0.331 e. The fourth-order valence-corrected chi connectivity index (χ4v) is 1.40. The molecule has 0 aromatic heterocycles. The summed E-state index contributed by atoms with van der Waals surface area (Å²) in [5, 5.41) is 27.9. The van der Waals surface area contributed by atoms with Crippen molar-refractivity contribution in [1.82, 2.24) is 0 Å². The van der Waals surface area contributed by atoms with Crippen LogP contribution in [-0.2, 0) is 4.79 Å². The molecule has 0 fully saturated rings. The van der Waals surface area contributed by atoms with Crippen LogP contribution in [0.2, 0.25) is 0 Å². The molecular weight excluding hydrogens is 196 g/mol. The zero-order valence-electron chi connectivity index (χ0n) is 9.53. The standard InChI is InChI=1S/C11H20O4/c1-5-11(4,6-12)9(13)7(2)8(3)10(14)15/h7,9,12-13H,3,5-6H2,1-2,4H3,(H,14,15). The number of rotatable bonds is 6. The maximum absolute atomic E-state index is 10.7. The maximum Gasteiger partial charge on any atom is 0.331 e. The van der Waals surface area contributed by atoms with E-state index < -0.39 is 23.4 Å². The third kappa shape index (κ3) is 3.04. The van der Waals surface area contributed by atoms with Gasteiger partial charge in [0.1, 0.15) is 0 Å². The predicted octanol–water partition coefficient (Wildman–Crippen LogP) is 1.03. The first-order valence-corrected chi connectivity index (χ1v) is 5.01. The summed E-state index contributed by atoms with van der Waals surface area (Å²) in [6.07, 6.45) is -0.335. The SMILES string of the molecule is C=C(C(=O)O)C(C)C(O)C(C)(CC)CO. The van der Waals surface area contributed by atoms with E-state index in [1.807, 2.05) is 6.92 Å². The van der Waals surface area contributed by atoms with Crippen molar-refractivity contribution >= 4 is 5.97 Å². The molecule has 0 aromatic carbocycles. The molecule has 0 aliphatic carbocycles. The number of hydrogen-bond donors (Lipinski definition) is 3. The highest BCUT2D eigenvalue weighted by Gasteiger charge is 2.36. The van der Waals surface area contributed by atoms with Crippen LogP contribution in [0, 0.1) is 11.3 Å². The molecule has 4 nitrogen and oxygen atoms in total. The molecule has 15 heavy (non-hydrogen) atoms. The number of hydrogen-bond acceptors (Lipinski definition) is 3. The number of carboxylic acid groups (broad SMARTS) is 1. The van der Waals surface area contributed by atoms with Gasteiger partial charge in [-0.2, -0.15) is 0 Å². The number of carbonyl (C=O) groups is 1. The minimum Gasteiger partial charge on any atom is -0.478 e. The van der Waals surface area contributed by atoms with Crippen LogP contribution < -0.4 is 0 Å². The second kappa shape index (κ2) is 5.28. The third-order valence-corrected chi connectivity index (χ3v) is 3.18. The van der Waals surface area contributed by atoms with E-state index in [9.17, 15) is 15.0 Å². The van der Waals surface area contributed by atoms with E-state index in [1.54, 1.807) is 13.8 Å². The van der Waals surface area contributed by atoms with Gasteiger partial charge < -0.3 is 15.3 Å². The maximum atomic E-state index is 10.7. The Kier molecular flexibility index (Phi) is 4.97. The summed E-state index contributed by atoms with van der Waals surface area (Å²) in [6.45, 7) is 8.41. The minimum absolute atomic E-state index is 0.0318. The third-order valence-electron chi connectivity index (χ3n) is 3.18. The lowest BCUT2D eigenvalue weighted by molar-refractivity contribution is -0.134. The fraction of sp³-hybridized carbons (Fsp3) is 0.727. The van der Waals surface area contributed by atoms with Gasteiger partial charge in [0.2, 0.25) is 0 Å². The van der Waals surface area contributed by atoms with Crippen LogP contribution in [-0.4, -0.2) is 34.0 Å². The normalized spacial score (nSPS) is 19.0. The van der Waals surface area contributed by atoms with E-state index >= 15 is 0 Å².